The first-order chi connectivity index (χ1) is 6.66. The monoisotopic (exact) mass is 193 g/mol. The zero-order chi connectivity index (χ0) is 10.6. The first kappa shape index (κ1) is 11.1. The van der Waals surface area contributed by atoms with Crippen LogP contribution in [-0.2, 0) is 0 Å². The van der Waals surface area contributed by atoms with E-state index < -0.39 is 0 Å². The van der Waals surface area contributed by atoms with Crippen LogP contribution in [0.3, 0.4) is 0 Å². The van der Waals surface area contributed by atoms with Gasteiger partial charge in [-0.25, -0.2) is 0 Å². The third-order valence-electron chi connectivity index (χ3n) is 2.63. The van der Waals surface area contributed by atoms with Crippen LogP contribution in [0.4, 0.5) is 0 Å². The summed E-state index contributed by atoms with van der Waals surface area (Å²) in [6.45, 7) is 9.49. The lowest BCUT2D eigenvalue weighted by atomic mass is 9.98. The molecule has 1 N–H and O–H groups in total. The molecule has 14 heavy (non-hydrogen) atoms. The molecule has 0 aliphatic rings. The SMILES string of the molecule is CCNC(C)C(C)c1nccnc1C. The largest absolute Gasteiger partial charge is 0.314 e. The van der Waals surface area contributed by atoms with Crippen LogP contribution >= 0.6 is 0 Å². The highest BCUT2D eigenvalue weighted by Gasteiger charge is 2.16. The van der Waals surface area contributed by atoms with E-state index >= 15 is 0 Å². The minimum atomic E-state index is 0.406. The molecule has 3 nitrogen and oxygen atoms in total. The van der Waals surface area contributed by atoms with E-state index in [4.69, 9.17) is 0 Å². The summed E-state index contributed by atoms with van der Waals surface area (Å²) in [6.07, 6.45) is 3.50. The number of aromatic nitrogens is 2. The summed E-state index contributed by atoms with van der Waals surface area (Å²) in [4.78, 5) is 8.63. The number of likely N-dealkylation sites (N-methyl/N-ethyl adjacent to an activating group) is 1. The minimum Gasteiger partial charge on any atom is -0.314 e. The molecule has 78 valence electrons. The van der Waals surface area contributed by atoms with Gasteiger partial charge in [-0.2, -0.15) is 0 Å². The van der Waals surface area contributed by atoms with Crippen molar-refractivity contribution in [3.8, 4) is 0 Å². The van der Waals surface area contributed by atoms with E-state index in [0.717, 1.165) is 17.9 Å². The predicted molar refractivity (Wildman–Crippen MR) is 58.3 cm³/mol. The molecule has 2 atom stereocenters. The van der Waals surface area contributed by atoms with E-state index in [1.165, 1.54) is 0 Å². The molecule has 0 aliphatic carbocycles. The van der Waals surface area contributed by atoms with Gasteiger partial charge in [-0.05, 0) is 20.4 Å². The van der Waals surface area contributed by atoms with Gasteiger partial charge in [0, 0.05) is 24.4 Å². The fourth-order valence-electron chi connectivity index (χ4n) is 1.60. The first-order valence-electron chi connectivity index (χ1n) is 5.17. The van der Waals surface area contributed by atoms with Crippen LogP contribution in [0.2, 0.25) is 0 Å². The van der Waals surface area contributed by atoms with E-state index in [9.17, 15) is 0 Å². The Morgan fingerprint density at radius 3 is 2.50 bits per heavy atom. The summed E-state index contributed by atoms with van der Waals surface area (Å²) >= 11 is 0. The van der Waals surface area contributed by atoms with Crippen LogP contribution in [0.15, 0.2) is 12.4 Å². The summed E-state index contributed by atoms with van der Waals surface area (Å²) in [6, 6.07) is 0.440. The van der Waals surface area contributed by atoms with Crippen molar-refractivity contribution in [2.75, 3.05) is 6.54 Å². The Morgan fingerprint density at radius 1 is 1.29 bits per heavy atom. The van der Waals surface area contributed by atoms with Gasteiger partial charge in [0.2, 0.25) is 0 Å². The Labute approximate surface area is 86.0 Å². The molecule has 0 aromatic carbocycles. The van der Waals surface area contributed by atoms with Crippen molar-refractivity contribution >= 4 is 0 Å². The normalized spacial score (nSPS) is 15.1. The summed E-state index contributed by atoms with van der Waals surface area (Å²) in [7, 11) is 0. The molecule has 1 rings (SSSR count). The van der Waals surface area contributed by atoms with E-state index in [2.05, 4.69) is 36.1 Å². The Balaban J connectivity index is 2.78. The van der Waals surface area contributed by atoms with Gasteiger partial charge < -0.3 is 5.32 Å². The fourth-order valence-corrected chi connectivity index (χ4v) is 1.60. The molecule has 0 spiro atoms. The Bertz CT molecular complexity index is 286. The summed E-state index contributed by atoms with van der Waals surface area (Å²) in [5, 5.41) is 3.40. The lowest BCUT2D eigenvalue weighted by Crippen LogP contribution is -2.31. The lowest BCUT2D eigenvalue weighted by molar-refractivity contribution is 0.484. The van der Waals surface area contributed by atoms with Gasteiger partial charge in [0.25, 0.3) is 0 Å². The highest BCUT2D eigenvalue weighted by atomic mass is 14.9. The first-order valence-corrected chi connectivity index (χ1v) is 5.17. The molecule has 0 amide bonds. The van der Waals surface area contributed by atoms with E-state index in [1.807, 2.05) is 6.92 Å². The van der Waals surface area contributed by atoms with Crippen LogP contribution in [0.1, 0.15) is 38.1 Å². The summed E-state index contributed by atoms with van der Waals surface area (Å²) in [5.41, 5.74) is 2.13. The highest BCUT2D eigenvalue weighted by molar-refractivity contribution is 5.14. The molecule has 0 bridgehead atoms. The molecule has 0 aliphatic heterocycles. The molecule has 0 saturated heterocycles. The van der Waals surface area contributed by atoms with E-state index in [-0.39, 0.29) is 0 Å². The molecule has 1 aromatic rings. The smallest absolute Gasteiger partial charge is 0.0659 e. The predicted octanol–water partition coefficient (Wildman–Crippen LogP) is 1.89. The van der Waals surface area contributed by atoms with Crippen LogP contribution in [0.5, 0.6) is 0 Å². The van der Waals surface area contributed by atoms with Gasteiger partial charge in [-0.15, -0.1) is 0 Å². The van der Waals surface area contributed by atoms with Crippen molar-refractivity contribution in [1.29, 1.82) is 0 Å². The Kier molecular flexibility index (Phi) is 4.01. The standard InChI is InChI=1S/C11H19N3/c1-5-12-9(3)8(2)11-10(4)13-6-7-14-11/h6-9,12H,5H2,1-4H3. The Morgan fingerprint density at radius 2 is 1.93 bits per heavy atom. The van der Waals surface area contributed by atoms with Gasteiger partial charge in [0.05, 0.1) is 11.4 Å². The Hall–Kier alpha value is -0.960. The average molecular weight is 193 g/mol. The molecule has 0 radical (unpaired) electrons. The second-order valence-corrected chi connectivity index (χ2v) is 3.66. The van der Waals surface area contributed by atoms with Crippen molar-refractivity contribution in [3.05, 3.63) is 23.8 Å². The molecule has 0 fully saturated rings. The number of rotatable bonds is 4. The fraction of sp³-hybridized carbons (Fsp3) is 0.636. The molecular weight excluding hydrogens is 174 g/mol. The van der Waals surface area contributed by atoms with Crippen molar-refractivity contribution in [3.63, 3.8) is 0 Å². The second kappa shape index (κ2) is 5.05. The number of hydrogen-bond donors (Lipinski definition) is 1. The van der Waals surface area contributed by atoms with Crippen molar-refractivity contribution in [1.82, 2.24) is 15.3 Å². The minimum absolute atomic E-state index is 0.406. The van der Waals surface area contributed by atoms with Gasteiger partial charge in [-0.1, -0.05) is 13.8 Å². The quantitative estimate of drug-likeness (QED) is 0.793. The molecule has 1 aromatic heterocycles. The molecule has 1 heterocycles. The molecule has 3 heteroatoms. The van der Waals surface area contributed by atoms with E-state index in [1.54, 1.807) is 12.4 Å². The topological polar surface area (TPSA) is 37.8 Å². The van der Waals surface area contributed by atoms with Gasteiger partial charge in [-0.3, -0.25) is 9.97 Å². The highest BCUT2D eigenvalue weighted by Crippen LogP contribution is 2.18. The van der Waals surface area contributed by atoms with Crippen LogP contribution in [0, 0.1) is 6.92 Å². The van der Waals surface area contributed by atoms with Crippen LogP contribution in [-0.4, -0.2) is 22.6 Å². The number of nitrogens with zero attached hydrogens (tertiary/aromatic N) is 2. The third kappa shape index (κ3) is 2.51. The molecule has 2 unspecified atom stereocenters. The van der Waals surface area contributed by atoms with Gasteiger partial charge in [0.1, 0.15) is 0 Å². The maximum Gasteiger partial charge on any atom is 0.0659 e. The van der Waals surface area contributed by atoms with Crippen molar-refractivity contribution in [2.24, 2.45) is 0 Å². The van der Waals surface area contributed by atoms with Crippen molar-refractivity contribution < 1.29 is 0 Å². The van der Waals surface area contributed by atoms with Crippen LogP contribution < -0.4 is 5.32 Å². The number of aryl methyl sites for hydroxylation is 1. The molecular formula is C11H19N3. The van der Waals surface area contributed by atoms with E-state index in [0.29, 0.717) is 12.0 Å². The van der Waals surface area contributed by atoms with Gasteiger partial charge >= 0.3 is 0 Å². The van der Waals surface area contributed by atoms with Crippen LogP contribution in [0.25, 0.3) is 0 Å². The maximum absolute atomic E-state index is 4.38. The second-order valence-electron chi connectivity index (χ2n) is 3.66. The van der Waals surface area contributed by atoms with Gasteiger partial charge in [0.15, 0.2) is 0 Å². The van der Waals surface area contributed by atoms with Crippen molar-refractivity contribution in [2.45, 2.75) is 39.7 Å². The summed E-state index contributed by atoms with van der Waals surface area (Å²) in [5.74, 6) is 0.406. The zero-order valence-corrected chi connectivity index (χ0v) is 9.41. The molecule has 0 saturated carbocycles. The summed E-state index contributed by atoms with van der Waals surface area (Å²) < 4.78 is 0. The number of nitrogens with one attached hydrogen (secondary N) is 1. The number of hydrogen-bond acceptors (Lipinski definition) is 3. The average Bonchev–Trinajstić information content (AvgIpc) is 2.18. The zero-order valence-electron chi connectivity index (χ0n) is 9.41. The third-order valence-corrected chi connectivity index (χ3v) is 2.63. The maximum atomic E-state index is 4.38. The lowest BCUT2D eigenvalue weighted by Gasteiger charge is -2.20.